The number of unbranched alkanes of at least 4 members (excludes halogenated alkanes) is 1. The first-order chi connectivity index (χ1) is 7.83. The lowest BCUT2D eigenvalue weighted by Gasteiger charge is -2.25. The summed E-state index contributed by atoms with van der Waals surface area (Å²) in [5.74, 6) is 0. The monoisotopic (exact) mass is 224 g/mol. The van der Waals surface area contributed by atoms with Crippen molar-refractivity contribution in [1.29, 1.82) is 0 Å². The van der Waals surface area contributed by atoms with Gasteiger partial charge >= 0.3 is 0 Å². The number of aliphatic hydroxyl groups is 2. The minimum Gasteiger partial charge on any atom is -0.395 e. The molecule has 1 heterocycles. The van der Waals surface area contributed by atoms with Gasteiger partial charge in [0.05, 0.1) is 13.2 Å². The van der Waals surface area contributed by atoms with Gasteiger partial charge in [0.15, 0.2) is 0 Å². The summed E-state index contributed by atoms with van der Waals surface area (Å²) >= 11 is 0. The van der Waals surface area contributed by atoms with E-state index in [0.717, 1.165) is 30.6 Å². The molecule has 0 saturated heterocycles. The third-order valence-corrected chi connectivity index (χ3v) is 2.54. The van der Waals surface area contributed by atoms with Crippen LogP contribution in [0, 0.1) is 0 Å². The minimum absolute atomic E-state index is 0.0166. The van der Waals surface area contributed by atoms with Crippen LogP contribution in [-0.2, 0) is 6.61 Å². The van der Waals surface area contributed by atoms with Gasteiger partial charge in [-0.2, -0.15) is 0 Å². The van der Waals surface area contributed by atoms with Crippen molar-refractivity contribution in [3.05, 3.63) is 24.0 Å². The maximum atomic E-state index is 9.23. The van der Waals surface area contributed by atoms with E-state index in [1.54, 1.807) is 12.4 Å². The summed E-state index contributed by atoms with van der Waals surface area (Å²) in [5.41, 5.74) is 1.78. The Kier molecular flexibility index (Phi) is 5.82. The molecular weight excluding hydrogens is 204 g/mol. The normalized spacial score (nSPS) is 10.4. The van der Waals surface area contributed by atoms with Crippen molar-refractivity contribution in [2.24, 2.45) is 0 Å². The number of pyridine rings is 1. The molecule has 0 amide bonds. The van der Waals surface area contributed by atoms with E-state index in [4.69, 9.17) is 5.11 Å². The van der Waals surface area contributed by atoms with Gasteiger partial charge in [-0.3, -0.25) is 4.98 Å². The quantitative estimate of drug-likeness (QED) is 0.730. The summed E-state index contributed by atoms with van der Waals surface area (Å²) in [6, 6.07) is 1.89. The number of aromatic nitrogens is 1. The maximum absolute atomic E-state index is 9.23. The first kappa shape index (κ1) is 12.9. The molecule has 0 fully saturated rings. The molecule has 1 rings (SSSR count). The molecule has 2 N–H and O–H groups in total. The molecule has 90 valence electrons. The number of anilines is 1. The zero-order valence-electron chi connectivity index (χ0n) is 9.76. The first-order valence-corrected chi connectivity index (χ1v) is 5.73. The molecule has 0 aliphatic carbocycles. The molecule has 0 aromatic carbocycles. The van der Waals surface area contributed by atoms with Gasteiger partial charge in [-0.05, 0) is 12.5 Å². The fourth-order valence-electron chi connectivity index (χ4n) is 1.67. The van der Waals surface area contributed by atoms with Crippen molar-refractivity contribution in [3.8, 4) is 0 Å². The van der Waals surface area contributed by atoms with Crippen molar-refractivity contribution in [1.82, 2.24) is 4.98 Å². The van der Waals surface area contributed by atoms with Crippen molar-refractivity contribution in [2.45, 2.75) is 26.4 Å². The SMILES string of the molecule is CCCCN(CCO)c1ccncc1CO. The summed E-state index contributed by atoms with van der Waals surface area (Å²) < 4.78 is 0. The summed E-state index contributed by atoms with van der Waals surface area (Å²) in [6.45, 7) is 3.73. The molecule has 16 heavy (non-hydrogen) atoms. The van der Waals surface area contributed by atoms with E-state index in [0.29, 0.717) is 6.54 Å². The highest BCUT2D eigenvalue weighted by atomic mass is 16.3. The predicted molar refractivity (Wildman–Crippen MR) is 64.4 cm³/mol. The van der Waals surface area contributed by atoms with Crippen LogP contribution in [0.5, 0.6) is 0 Å². The van der Waals surface area contributed by atoms with Crippen molar-refractivity contribution < 1.29 is 10.2 Å². The first-order valence-electron chi connectivity index (χ1n) is 5.73. The van der Waals surface area contributed by atoms with Gasteiger partial charge in [0.25, 0.3) is 0 Å². The molecule has 1 aromatic rings. The Balaban J connectivity index is 2.81. The standard InChI is InChI=1S/C12H20N2O2/c1-2-3-6-14(7-8-15)12-4-5-13-9-11(12)10-16/h4-5,9,15-16H,2-3,6-8,10H2,1H3. The van der Waals surface area contributed by atoms with Crippen LogP contribution in [0.1, 0.15) is 25.3 Å². The van der Waals surface area contributed by atoms with Gasteiger partial charge in [-0.1, -0.05) is 13.3 Å². The third kappa shape index (κ3) is 3.47. The molecule has 4 heteroatoms. The number of rotatable bonds is 7. The fourth-order valence-corrected chi connectivity index (χ4v) is 1.67. The van der Waals surface area contributed by atoms with Crippen LogP contribution in [0.3, 0.4) is 0 Å². The number of nitrogens with zero attached hydrogens (tertiary/aromatic N) is 2. The number of hydrogen-bond acceptors (Lipinski definition) is 4. The Morgan fingerprint density at radius 1 is 1.31 bits per heavy atom. The second-order valence-electron chi connectivity index (χ2n) is 3.73. The Labute approximate surface area is 96.6 Å². The van der Waals surface area contributed by atoms with Crippen LogP contribution in [0.15, 0.2) is 18.5 Å². The number of hydrogen-bond donors (Lipinski definition) is 2. The van der Waals surface area contributed by atoms with Crippen molar-refractivity contribution in [3.63, 3.8) is 0 Å². The van der Waals surface area contributed by atoms with E-state index in [-0.39, 0.29) is 13.2 Å². The molecule has 0 spiro atoms. The Morgan fingerprint density at radius 3 is 2.75 bits per heavy atom. The van der Waals surface area contributed by atoms with E-state index >= 15 is 0 Å². The van der Waals surface area contributed by atoms with Crippen LogP contribution in [0.4, 0.5) is 5.69 Å². The Bertz CT molecular complexity index is 305. The highest BCUT2D eigenvalue weighted by Crippen LogP contribution is 2.19. The van der Waals surface area contributed by atoms with E-state index in [1.807, 2.05) is 6.07 Å². The molecule has 4 nitrogen and oxygen atoms in total. The molecule has 0 aliphatic rings. The minimum atomic E-state index is -0.0166. The molecule has 0 saturated carbocycles. The van der Waals surface area contributed by atoms with Gasteiger partial charge in [0, 0.05) is 36.7 Å². The third-order valence-electron chi connectivity index (χ3n) is 2.54. The van der Waals surface area contributed by atoms with E-state index in [1.165, 1.54) is 0 Å². The Hall–Kier alpha value is -1.13. The van der Waals surface area contributed by atoms with Gasteiger partial charge in [0.1, 0.15) is 0 Å². The van der Waals surface area contributed by atoms with Gasteiger partial charge in [-0.15, -0.1) is 0 Å². The zero-order chi connectivity index (χ0) is 11.8. The van der Waals surface area contributed by atoms with E-state index < -0.39 is 0 Å². The number of aliphatic hydroxyl groups excluding tert-OH is 2. The molecule has 0 atom stereocenters. The average Bonchev–Trinajstić information content (AvgIpc) is 2.34. The van der Waals surface area contributed by atoms with Crippen LogP contribution in [-0.4, -0.2) is 34.9 Å². The lowest BCUT2D eigenvalue weighted by Crippen LogP contribution is -2.28. The largest absolute Gasteiger partial charge is 0.395 e. The molecule has 0 aliphatic heterocycles. The lowest BCUT2D eigenvalue weighted by molar-refractivity contribution is 0.280. The summed E-state index contributed by atoms with van der Waals surface area (Å²) in [6.07, 6.45) is 5.57. The fraction of sp³-hybridized carbons (Fsp3) is 0.583. The second kappa shape index (κ2) is 7.19. The molecule has 0 bridgehead atoms. The lowest BCUT2D eigenvalue weighted by atomic mass is 10.2. The van der Waals surface area contributed by atoms with E-state index in [9.17, 15) is 5.11 Å². The van der Waals surface area contributed by atoms with Gasteiger partial charge in [0.2, 0.25) is 0 Å². The highest BCUT2D eigenvalue weighted by molar-refractivity contribution is 5.51. The second-order valence-corrected chi connectivity index (χ2v) is 3.73. The predicted octanol–water partition coefficient (Wildman–Crippen LogP) is 1.17. The summed E-state index contributed by atoms with van der Waals surface area (Å²) in [7, 11) is 0. The molecule has 0 unspecified atom stereocenters. The van der Waals surface area contributed by atoms with Crippen LogP contribution in [0.2, 0.25) is 0 Å². The van der Waals surface area contributed by atoms with Crippen molar-refractivity contribution >= 4 is 5.69 Å². The maximum Gasteiger partial charge on any atom is 0.0717 e. The summed E-state index contributed by atoms with van der Waals surface area (Å²) in [5, 5.41) is 18.3. The molecular formula is C12H20N2O2. The van der Waals surface area contributed by atoms with Crippen LogP contribution in [0.25, 0.3) is 0 Å². The van der Waals surface area contributed by atoms with Crippen LogP contribution >= 0.6 is 0 Å². The van der Waals surface area contributed by atoms with Gasteiger partial charge < -0.3 is 15.1 Å². The van der Waals surface area contributed by atoms with E-state index in [2.05, 4.69) is 16.8 Å². The molecule has 0 radical (unpaired) electrons. The average molecular weight is 224 g/mol. The highest BCUT2D eigenvalue weighted by Gasteiger charge is 2.09. The van der Waals surface area contributed by atoms with Crippen LogP contribution < -0.4 is 4.90 Å². The zero-order valence-corrected chi connectivity index (χ0v) is 9.76. The molecule has 1 aromatic heterocycles. The Morgan fingerprint density at radius 2 is 2.12 bits per heavy atom. The summed E-state index contributed by atoms with van der Waals surface area (Å²) in [4.78, 5) is 6.08. The topological polar surface area (TPSA) is 56.6 Å². The van der Waals surface area contributed by atoms with Gasteiger partial charge in [-0.25, -0.2) is 0 Å². The smallest absolute Gasteiger partial charge is 0.0717 e. The van der Waals surface area contributed by atoms with Crippen molar-refractivity contribution in [2.75, 3.05) is 24.6 Å².